The predicted molar refractivity (Wildman–Crippen MR) is 40.5 cm³/mol. The van der Waals surface area contributed by atoms with Gasteiger partial charge in [-0.1, -0.05) is 0 Å². The third kappa shape index (κ3) is 12.0. The Morgan fingerprint density at radius 1 is 1.60 bits per heavy atom. The number of hydrogen-bond donors (Lipinski definition) is 1. The zero-order valence-electron chi connectivity index (χ0n) is 7.20. The maximum Gasteiger partial charge on any atom is 1.00 e. The molecule has 0 unspecified atom stereocenters. The molecule has 10 heavy (non-hydrogen) atoms. The molecule has 3 nitrogen and oxygen atoms in total. The van der Waals surface area contributed by atoms with Gasteiger partial charge >= 0.3 is 29.6 Å². The molecule has 0 aromatic carbocycles. The van der Waals surface area contributed by atoms with Gasteiger partial charge in [-0.05, 0) is 18.4 Å². The van der Waals surface area contributed by atoms with E-state index in [2.05, 4.69) is 0 Å². The van der Waals surface area contributed by atoms with E-state index in [0.717, 1.165) is 5.75 Å². The molecule has 58 valence electrons. The molecule has 0 amide bonds. The van der Waals surface area contributed by atoms with Crippen molar-refractivity contribution in [3.63, 3.8) is 0 Å². The van der Waals surface area contributed by atoms with Crippen LogP contribution in [0.2, 0.25) is 0 Å². The zero-order chi connectivity index (χ0) is 7.33. The molecule has 0 rings (SSSR count). The molecule has 6 heteroatoms. The minimum absolute atomic E-state index is 0. The van der Waals surface area contributed by atoms with E-state index < -0.39 is 10.1 Å². The Hall–Kier alpha value is 1.26. The van der Waals surface area contributed by atoms with Gasteiger partial charge in [0.1, 0.15) is 0 Å². The summed E-state index contributed by atoms with van der Waals surface area (Å²) in [4.78, 5) is 0. The third-order valence-corrected chi connectivity index (χ3v) is 2.25. The average molecular weight is 194 g/mol. The molecule has 0 aliphatic rings. The monoisotopic (exact) mass is 194 g/mol. The van der Waals surface area contributed by atoms with Crippen molar-refractivity contribution in [2.75, 3.05) is 17.8 Å². The predicted octanol–water partition coefficient (Wildman–Crippen LogP) is -2.26. The van der Waals surface area contributed by atoms with Gasteiger partial charge in [0, 0.05) is 0 Å². The Morgan fingerprint density at radius 3 is 2.40 bits per heavy atom. The summed E-state index contributed by atoms with van der Waals surface area (Å²) in [5.74, 6) is 0.660. The molecule has 0 aromatic heterocycles. The Labute approximate surface area is 89.5 Å². The number of rotatable bonds is 4. The standard InChI is InChI=1S/C4H10O3S2.Na.H/c1-8-3-2-4-9(5,6)7;;/h2-4H2,1H3,(H,5,6,7);;/q;+1;-1. The van der Waals surface area contributed by atoms with Crippen LogP contribution in [0.3, 0.4) is 0 Å². The SMILES string of the molecule is CSCCCS(=O)(=O)O.[H-].[Na+]. The van der Waals surface area contributed by atoms with E-state index in [1.54, 1.807) is 11.8 Å². The van der Waals surface area contributed by atoms with Crippen molar-refractivity contribution in [1.82, 2.24) is 0 Å². The van der Waals surface area contributed by atoms with Crippen molar-refractivity contribution in [2.24, 2.45) is 0 Å². The quantitative estimate of drug-likeness (QED) is 0.312. The Morgan fingerprint density at radius 2 is 2.10 bits per heavy atom. The zero-order valence-corrected chi connectivity index (χ0v) is 9.83. The van der Waals surface area contributed by atoms with Crippen LogP contribution in [0.5, 0.6) is 0 Å². The van der Waals surface area contributed by atoms with E-state index in [9.17, 15) is 8.42 Å². The van der Waals surface area contributed by atoms with Crippen LogP contribution in [0.1, 0.15) is 7.85 Å². The van der Waals surface area contributed by atoms with Crippen LogP contribution in [0.25, 0.3) is 0 Å². The van der Waals surface area contributed by atoms with Gasteiger partial charge in [-0.15, -0.1) is 0 Å². The molecular weight excluding hydrogens is 183 g/mol. The topological polar surface area (TPSA) is 54.4 Å². The summed E-state index contributed by atoms with van der Waals surface area (Å²) < 4.78 is 28.3. The van der Waals surface area contributed by atoms with E-state index in [1.807, 2.05) is 6.26 Å². The minimum Gasteiger partial charge on any atom is -1.00 e. The molecule has 0 saturated heterocycles. The summed E-state index contributed by atoms with van der Waals surface area (Å²) >= 11 is 1.57. The molecule has 0 fully saturated rings. The Bertz CT molecular complexity index is 159. The summed E-state index contributed by atoms with van der Waals surface area (Å²) in [6.07, 6.45) is 2.42. The normalized spacial score (nSPS) is 10.6. The van der Waals surface area contributed by atoms with Gasteiger partial charge in [0.25, 0.3) is 10.1 Å². The van der Waals surface area contributed by atoms with E-state index in [1.165, 1.54) is 0 Å². The van der Waals surface area contributed by atoms with Gasteiger partial charge in [-0.3, -0.25) is 4.55 Å². The van der Waals surface area contributed by atoms with Crippen LogP contribution in [0.4, 0.5) is 0 Å². The van der Waals surface area contributed by atoms with Gasteiger partial charge in [0.05, 0.1) is 5.75 Å². The van der Waals surface area contributed by atoms with E-state index in [-0.39, 0.29) is 36.7 Å². The van der Waals surface area contributed by atoms with Crippen molar-refractivity contribution >= 4 is 21.9 Å². The maximum absolute atomic E-state index is 10.1. The van der Waals surface area contributed by atoms with E-state index >= 15 is 0 Å². The largest absolute Gasteiger partial charge is 1.00 e. The van der Waals surface area contributed by atoms with E-state index in [0.29, 0.717) is 6.42 Å². The molecule has 0 aliphatic carbocycles. The van der Waals surface area contributed by atoms with Crippen molar-refractivity contribution < 1.29 is 44.0 Å². The van der Waals surface area contributed by atoms with Gasteiger partial charge in [-0.25, -0.2) is 0 Å². The fraction of sp³-hybridized carbons (Fsp3) is 1.00. The molecule has 0 atom stereocenters. The van der Waals surface area contributed by atoms with Crippen LogP contribution in [-0.2, 0) is 10.1 Å². The molecule has 0 radical (unpaired) electrons. The third-order valence-electron chi connectivity index (χ3n) is 0.751. The summed E-state index contributed by atoms with van der Waals surface area (Å²) in [5.41, 5.74) is 0. The van der Waals surface area contributed by atoms with Crippen LogP contribution in [-0.4, -0.2) is 30.7 Å². The van der Waals surface area contributed by atoms with Crippen molar-refractivity contribution in [3.05, 3.63) is 0 Å². The summed E-state index contributed by atoms with van der Waals surface area (Å²) in [5, 5.41) is 0. The second-order valence-corrected chi connectivity index (χ2v) is 4.19. The van der Waals surface area contributed by atoms with Gasteiger partial charge in [0.2, 0.25) is 0 Å². The smallest absolute Gasteiger partial charge is 1.00 e. The van der Waals surface area contributed by atoms with Crippen molar-refractivity contribution in [1.29, 1.82) is 0 Å². The fourth-order valence-corrected chi connectivity index (χ4v) is 1.51. The molecule has 0 heterocycles. The van der Waals surface area contributed by atoms with Crippen LogP contribution in [0, 0.1) is 0 Å². The number of thioether (sulfide) groups is 1. The van der Waals surface area contributed by atoms with Crippen LogP contribution < -0.4 is 29.6 Å². The van der Waals surface area contributed by atoms with Crippen LogP contribution >= 0.6 is 11.8 Å². The molecule has 1 N–H and O–H groups in total. The first-order chi connectivity index (χ1) is 4.06. The Kier molecular flexibility index (Phi) is 9.59. The summed E-state index contributed by atoms with van der Waals surface area (Å²) in [6.45, 7) is 0. The molecule has 0 aliphatic heterocycles. The van der Waals surface area contributed by atoms with Gasteiger partial charge in [0.15, 0.2) is 0 Å². The van der Waals surface area contributed by atoms with Crippen molar-refractivity contribution in [2.45, 2.75) is 6.42 Å². The first-order valence-electron chi connectivity index (χ1n) is 2.50. The van der Waals surface area contributed by atoms with E-state index in [4.69, 9.17) is 4.55 Å². The first kappa shape index (κ1) is 13.8. The maximum atomic E-state index is 10.1. The fourth-order valence-electron chi connectivity index (χ4n) is 0.386. The number of hydrogen-bond acceptors (Lipinski definition) is 3. The molecule has 0 bridgehead atoms. The first-order valence-corrected chi connectivity index (χ1v) is 5.50. The van der Waals surface area contributed by atoms with Crippen LogP contribution in [0.15, 0.2) is 0 Å². The molecule has 0 aromatic rings. The molecule has 0 spiro atoms. The molecule has 0 saturated carbocycles. The molecular formula is C4H11NaO3S2. The van der Waals surface area contributed by atoms with Gasteiger partial charge < -0.3 is 1.43 Å². The summed E-state index contributed by atoms with van der Waals surface area (Å²) in [7, 11) is -3.71. The minimum atomic E-state index is -3.71. The van der Waals surface area contributed by atoms with Crippen molar-refractivity contribution in [3.8, 4) is 0 Å². The second-order valence-electron chi connectivity index (χ2n) is 1.63. The average Bonchev–Trinajstić information content (AvgIpc) is 1.63. The van der Waals surface area contributed by atoms with Gasteiger partial charge in [-0.2, -0.15) is 20.2 Å². The Balaban J connectivity index is -0.000000320. The summed E-state index contributed by atoms with van der Waals surface area (Å²) in [6, 6.07) is 0. The second kappa shape index (κ2) is 6.94.